The molecule has 1 aliphatic heterocycles. The van der Waals surface area contributed by atoms with Crippen molar-refractivity contribution in [2.45, 2.75) is 20.3 Å². The molecule has 0 aliphatic carbocycles. The van der Waals surface area contributed by atoms with Crippen LogP contribution in [0.15, 0.2) is 27.7 Å². The molecule has 0 spiro atoms. The van der Waals surface area contributed by atoms with Gasteiger partial charge in [-0.15, -0.1) is 24.0 Å². The molecule has 1 saturated heterocycles. The third-order valence-corrected chi connectivity index (χ3v) is 4.61. The zero-order chi connectivity index (χ0) is 17.5. The molecule has 1 aromatic carbocycles. The number of carbonyl (C=O) groups excluding carboxylic acids is 1. The largest absolute Gasteiger partial charge is 0.357 e. The van der Waals surface area contributed by atoms with E-state index in [9.17, 15) is 9.18 Å². The molecular weight excluding hydrogens is 502 g/mol. The van der Waals surface area contributed by atoms with Crippen molar-refractivity contribution in [3.05, 3.63) is 34.1 Å². The van der Waals surface area contributed by atoms with Crippen LogP contribution in [-0.2, 0) is 11.2 Å². The molecule has 0 saturated carbocycles. The van der Waals surface area contributed by atoms with Crippen LogP contribution in [0.2, 0.25) is 0 Å². The van der Waals surface area contributed by atoms with Crippen LogP contribution in [0.3, 0.4) is 0 Å². The molecular formula is C17H25BrFIN4O. The van der Waals surface area contributed by atoms with E-state index < -0.39 is 0 Å². The molecule has 1 heterocycles. The Morgan fingerprint density at radius 3 is 2.48 bits per heavy atom. The first-order chi connectivity index (χ1) is 11.5. The molecule has 2 rings (SSSR count). The molecule has 0 unspecified atom stereocenters. The third-order valence-electron chi connectivity index (χ3n) is 4.01. The summed E-state index contributed by atoms with van der Waals surface area (Å²) in [6.45, 7) is 8.10. The summed E-state index contributed by atoms with van der Waals surface area (Å²) in [5, 5.41) is 3.31. The van der Waals surface area contributed by atoms with E-state index in [1.807, 2.05) is 11.8 Å². The predicted molar refractivity (Wildman–Crippen MR) is 113 cm³/mol. The molecule has 5 nitrogen and oxygen atoms in total. The first-order valence-electron chi connectivity index (χ1n) is 8.24. The summed E-state index contributed by atoms with van der Waals surface area (Å²) < 4.78 is 13.7. The van der Waals surface area contributed by atoms with E-state index >= 15 is 0 Å². The van der Waals surface area contributed by atoms with Crippen LogP contribution in [0, 0.1) is 5.82 Å². The number of aliphatic imine (C=N–C) groups is 1. The molecule has 1 N–H and O–H groups in total. The molecule has 0 radical (unpaired) electrons. The van der Waals surface area contributed by atoms with Crippen molar-refractivity contribution < 1.29 is 9.18 Å². The van der Waals surface area contributed by atoms with Gasteiger partial charge in [-0.2, -0.15) is 0 Å². The number of amides is 1. The van der Waals surface area contributed by atoms with Crippen LogP contribution in [0.25, 0.3) is 0 Å². The van der Waals surface area contributed by atoms with Crippen molar-refractivity contribution in [1.29, 1.82) is 0 Å². The van der Waals surface area contributed by atoms with Crippen molar-refractivity contribution in [1.82, 2.24) is 15.1 Å². The Morgan fingerprint density at radius 2 is 1.92 bits per heavy atom. The summed E-state index contributed by atoms with van der Waals surface area (Å²) in [5.41, 5.74) is 1.05. The highest BCUT2D eigenvalue weighted by Crippen LogP contribution is 2.17. The van der Waals surface area contributed by atoms with Crippen molar-refractivity contribution in [2.75, 3.05) is 39.3 Å². The molecule has 1 aromatic rings. The van der Waals surface area contributed by atoms with Gasteiger partial charge in [0.2, 0.25) is 5.91 Å². The lowest BCUT2D eigenvalue weighted by Crippen LogP contribution is -2.53. The molecule has 0 atom stereocenters. The monoisotopic (exact) mass is 526 g/mol. The van der Waals surface area contributed by atoms with Crippen molar-refractivity contribution >= 4 is 51.8 Å². The van der Waals surface area contributed by atoms with Gasteiger partial charge in [-0.25, -0.2) is 4.39 Å². The summed E-state index contributed by atoms with van der Waals surface area (Å²) in [7, 11) is 0. The highest BCUT2D eigenvalue weighted by molar-refractivity contribution is 14.0. The van der Waals surface area contributed by atoms with Crippen LogP contribution in [0.5, 0.6) is 0 Å². The fourth-order valence-electron chi connectivity index (χ4n) is 2.65. The van der Waals surface area contributed by atoms with Gasteiger partial charge in [-0.1, -0.05) is 6.07 Å². The number of nitrogens with one attached hydrogen (secondary N) is 1. The van der Waals surface area contributed by atoms with Gasteiger partial charge in [0.15, 0.2) is 5.96 Å². The average molecular weight is 527 g/mol. The molecule has 1 fully saturated rings. The van der Waals surface area contributed by atoms with Crippen molar-refractivity contribution in [3.8, 4) is 0 Å². The lowest BCUT2D eigenvalue weighted by molar-refractivity contribution is -0.130. The number of carbonyl (C=O) groups is 1. The van der Waals surface area contributed by atoms with E-state index in [-0.39, 0.29) is 35.7 Å². The number of halogens is 3. The summed E-state index contributed by atoms with van der Waals surface area (Å²) >= 11 is 3.21. The third kappa shape index (κ3) is 6.73. The molecule has 1 amide bonds. The number of hydrogen-bond donors (Lipinski definition) is 1. The SMILES string of the molecule is CCNC(=NCCc1ccc(F)c(Br)c1)N1CCN(C(C)=O)CC1.I. The molecule has 0 aromatic heterocycles. The zero-order valence-electron chi connectivity index (χ0n) is 14.6. The lowest BCUT2D eigenvalue weighted by Gasteiger charge is -2.36. The minimum atomic E-state index is -0.251. The number of rotatable bonds is 4. The van der Waals surface area contributed by atoms with Gasteiger partial charge in [0, 0.05) is 46.2 Å². The van der Waals surface area contributed by atoms with Gasteiger partial charge in [0.25, 0.3) is 0 Å². The summed E-state index contributed by atoms with van der Waals surface area (Å²) in [6, 6.07) is 5.05. The Balaban J connectivity index is 0.00000312. The van der Waals surface area contributed by atoms with E-state index in [1.165, 1.54) is 6.07 Å². The second kappa shape index (κ2) is 10.9. The van der Waals surface area contributed by atoms with Crippen molar-refractivity contribution in [3.63, 3.8) is 0 Å². The first kappa shape index (κ1) is 22.1. The van der Waals surface area contributed by atoms with Gasteiger partial charge in [-0.3, -0.25) is 9.79 Å². The Morgan fingerprint density at radius 1 is 1.28 bits per heavy atom. The van der Waals surface area contributed by atoms with Crippen LogP contribution < -0.4 is 5.32 Å². The number of benzene rings is 1. The topological polar surface area (TPSA) is 47.9 Å². The average Bonchev–Trinajstić information content (AvgIpc) is 2.57. The molecule has 0 bridgehead atoms. The van der Waals surface area contributed by atoms with E-state index in [4.69, 9.17) is 0 Å². The van der Waals surface area contributed by atoms with E-state index in [0.717, 1.165) is 50.7 Å². The van der Waals surface area contributed by atoms with Gasteiger partial charge < -0.3 is 15.1 Å². The number of piperazine rings is 1. The highest BCUT2D eigenvalue weighted by Gasteiger charge is 2.20. The normalized spacial score (nSPS) is 15.0. The summed E-state index contributed by atoms with van der Waals surface area (Å²) in [5.74, 6) is 0.749. The van der Waals surface area contributed by atoms with Crippen LogP contribution in [0.4, 0.5) is 4.39 Å². The zero-order valence-corrected chi connectivity index (χ0v) is 18.5. The second-order valence-electron chi connectivity index (χ2n) is 5.73. The Hall–Kier alpha value is -0.900. The van der Waals surface area contributed by atoms with Crippen molar-refractivity contribution in [2.24, 2.45) is 4.99 Å². The maximum Gasteiger partial charge on any atom is 0.219 e. The fourth-order valence-corrected chi connectivity index (χ4v) is 3.07. The predicted octanol–water partition coefficient (Wildman–Crippen LogP) is 2.88. The smallest absolute Gasteiger partial charge is 0.219 e. The Kier molecular flexibility index (Phi) is 9.70. The molecule has 1 aliphatic rings. The minimum absolute atomic E-state index is 0. The first-order valence-corrected chi connectivity index (χ1v) is 9.03. The summed E-state index contributed by atoms with van der Waals surface area (Å²) in [4.78, 5) is 20.1. The standard InChI is InChI=1S/C17H24BrFN4O.HI/c1-3-20-17(23-10-8-22(9-11-23)13(2)24)21-7-6-14-4-5-16(19)15(18)12-14;/h4-5,12H,3,6-11H2,1-2H3,(H,20,21);1H. The maximum absolute atomic E-state index is 13.3. The highest BCUT2D eigenvalue weighted by atomic mass is 127. The minimum Gasteiger partial charge on any atom is -0.357 e. The maximum atomic E-state index is 13.3. The number of nitrogens with zero attached hydrogens (tertiary/aromatic N) is 3. The lowest BCUT2D eigenvalue weighted by atomic mass is 10.1. The molecule has 8 heteroatoms. The van der Waals surface area contributed by atoms with Crippen LogP contribution >= 0.6 is 39.9 Å². The van der Waals surface area contributed by atoms with Gasteiger partial charge in [-0.05, 0) is 47.0 Å². The van der Waals surface area contributed by atoms with Crippen LogP contribution in [-0.4, -0.2) is 60.9 Å². The van der Waals surface area contributed by atoms with Gasteiger partial charge in [0.05, 0.1) is 4.47 Å². The Labute approximate surface area is 174 Å². The number of guanidine groups is 1. The van der Waals surface area contributed by atoms with E-state index in [1.54, 1.807) is 19.1 Å². The van der Waals surface area contributed by atoms with E-state index in [0.29, 0.717) is 11.0 Å². The quantitative estimate of drug-likeness (QED) is 0.373. The van der Waals surface area contributed by atoms with E-state index in [2.05, 4.69) is 31.1 Å². The summed E-state index contributed by atoms with van der Waals surface area (Å²) in [6.07, 6.45) is 0.751. The second-order valence-corrected chi connectivity index (χ2v) is 6.58. The number of hydrogen-bond acceptors (Lipinski definition) is 2. The molecule has 25 heavy (non-hydrogen) atoms. The van der Waals surface area contributed by atoms with Crippen LogP contribution in [0.1, 0.15) is 19.4 Å². The fraction of sp³-hybridized carbons (Fsp3) is 0.529. The van der Waals surface area contributed by atoms with Gasteiger partial charge in [0.1, 0.15) is 5.82 Å². The van der Waals surface area contributed by atoms with Gasteiger partial charge >= 0.3 is 0 Å². The molecule has 140 valence electrons. The Bertz CT molecular complexity index is 606.